The van der Waals surface area contributed by atoms with Gasteiger partial charge in [-0.05, 0) is 18.4 Å². The number of allylic oxidation sites excluding steroid dienone is 1. The van der Waals surface area contributed by atoms with E-state index in [1.807, 2.05) is 24.3 Å². The van der Waals surface area contributed by atoms with E-state index < -0.39 is 0 Å². The lowest BCUT2D eigenvalue weighted by atomic mass is 9.93. The molecule has 0 saturated carbocycles. The first-order chi connectivity index (χ1) is 5.68. The van der Waals surface area contributed by atoms with Crippen molar-refractivity contribution in [2.24, 2.45) is 5.73 Å². The number of hydrogen-bond donors (Lipinski definition) is 1. The molecule has 0 fully saturated rings. The lowest BCUT2D eigenvalue weighted by molar-refractivity contribution is 0.932. The highest BCUT2D eigenvalue weighted by atomic mass is 14.5. The minimum Gasteiger partial charge on any atom is -0.403 e. The average Bonchev–Trinajstić information content (AvgIpc) is 2.01. The molecule has 60 valence electrons. The standard InChI is InChI=1S/C10H12BN/c1-8(12)5-6-9-3-2-4-10(11)7-9/h2-4,7H,1,5-6,12H2. The van der Waals surface area contributed by atoms with Gasteiger partial charge in [0.05, 0.1) is 0 Å². The highest BCUT2D eigenvalue weighted by Crippen LogP contribution is 2.02. The second-order valence-corrected chi connectivity index (χ2v) is 2.90. The lowest BCUT2D eigenvalue weighted by Crippen LogP contribution is -2.03. The SMILES string of the molecule is [B]c1cccc(CCC(=C)N)c1. The monoisotopic (exact) mass is 157 g/mol. The van der Waals surface area contributed by atoms with E-state index in [4.69, 9.17) is 13.6 Å². The van der Waals surface area contributed by atoms with E-state index in [1.165, 1.54) is 5.56 Å². The Balaban J connectivity index is 2.57. The summed E-state index contributed by atoms with van der Waals surface area (Å²) < 4.78 is 0. The van der Waals surface area contributed by atoms with Gasteiger partial charge in [0.25, 0.3) is 0 Å². The summed E-state index contributed by atoms with van der Waals surface area (Å²) in [6.07, 6.45) is 1.74. The van der Waals surface area contributed by atoms with Crippen LogP contribution in [0.5, 0.6) is 0 Å². The maximum atomic E-state index is 5.61. The molecule has 2 N–H and O–H groups in total. The number of nitrogens with two attached hydrogens (primary N) is 1. The van der Waals surface area contributed by atoms with Crippen molar-refractivity contribution < 1.29 is 0 Å². The smallest absolute Gasteiger partial charge is 0.113 e. The molecule has 0 atom stereocenters. The molecule has 0 bridgehead atoms. The summed E-state index contributed by atoms with van der Waals surface area (Å²) in [5.41, 5.74) is 8.18. The Hall–Kier alpha value is -1.18. The fourth-order valence-electron chi connectivity index (χ4n) is 1.05. The average molecular weight is 157 g/mol. The highest BCUT2D eigenvalue weighted by Gasteiger charge is 1.93. The van der Waals surface area contributed by atoms with E-state index >= 15 is 0 Å². The van der Waals surface area contributed by atoms with Gasteiger partial charge in [0, 0.05) is 5.70 Å². The fraction of sp³-hybridized carbons (Fsp3) is 0.200. The van der Waals surface area contributed by atoms with Crippen molar-refractivity contribution in [2.75, 3.05) is 0 Å². The van der Waals surface area contributed by atoms with Crippen LogP contribution < -0.4 is 11.2 Å². The molecular weight excluding hydrogens is 145 g/mol. The fourth-order valence-corrected chi connectivity index (χ4v) is 1.05. The molecule has 1 nitrogen and oxygen atoms in total. The van der Waals surface area contributed by atoms with Gasteiger partial charge in [0.2, 0.25) is 0 Å². The number of rotatable bonds is 3. The van der Waals surface area contributed by atoms with E-state index in [0.29, 0.717) is 0 Å². The third-order valence-electron chi connectivity index (χ3n) is 1.69. The Kier molecular flexibility index (Phi) is 2.97. The summed E-state index contributed by atoms with van der Waals surface area (Å²) in [6.45, 7) is 3.64. The molecule has 0 spiro atoms. The highest BCUT2D eigenvalue weighted by molar-refractivity contribution is 6.32. The molecule has 2 heteroatoms. The van der Waals surface area contributed by atoms with E-state index in [-0.39, 0.29) is 0 Å². The first-order valence-corrected chi connectivity index (χ1v) is 3.96. The van der Waals surface area contributed by atoms with E-state index in [9.17, 15) is 0 Å². The van der Waals surface area contributed by atoms with Crippen molar-refractivity contribution in [3.63, 3.8) is 0 Å². The van der Waals surface area contributed by atoms with Gasteiger partial charge in [0.1, 0.15) is 7.85 Å². The number of hydrogen-bond acceptors (Lipinski definition) is 1. The molecule has 0 amide bonds. The van der Waals surface area contributed by atoms with Crippen molar-refractivity contribution in [3.8, 4) is 0 Å². The second-order valence-electron chi connectivity index (χ2n) is 2.90. The van der Waals surface area contributed by atoms with Gasteiger partial charge in [-0.1, -0.05) is 36.3 Å². The summed E-state index contributed by atoms with van der Waals surface area (Å²) in [5, 5.41) is 0. The van der Waals surface area contributed by atoms with Crippen LogP contribution in [0.2, 0.25) is 0 Å². The van der Waals surface area contributed by atoms with Gasteiger partial charge in [-0.25, -0.2) is 0 Å². The molecule has 2 radical (unpaired) electrons. The lowest BCUT2D eigenvalue weighted by Gasteiger charge is -2.01. The molecule has 0 aliphatic rings. The van der Waals surface area contributed by atoms with E-state index in [2.05, 4.69) is 6.58 Å². The second kappa shape index (κ2) is 4.00. The van der Waals surface area contributed by atoms with Crippen LogP contribution in [0.15, 0.2) is 36.5 Å². The first-order valence-electron chi connectivity index (χ1n) is 3.96. The predicted octanol–water partition coefficient (Wildman–Crippen LogP) is 0.885. The van der Waals surface area contributed by atoms with Gasteiger partial charge < -0.3 is 5.73 Å². The van der Waals surface area contributed by atoms with E-state index in [1.54, 1.807) is 0 Å². The molecular formula is C10H12BN. The summed E-state index contributed by atoms with van der Waals surface area (Å²) >= 11 is 0. The van der Waals surface area contributed by atoms with Crippen molar-refractivity contribution in [2.45, 2.75) is 12.8 Å². The molecule has 1 aromatic carbocycles. The first kappa shape index (κ1) is 8.92. The number of benzene rings is 1. The quantitative estimate of drug-likeness (QED) is 0.647. The van der Waals surface area contributed by atoms with Crippen LogP contribution in [0.4, 0.5) is 0 Å². The van der Waals surface area contributed by atoms with Crippen LogP contribution in [0.1, 0.15) is 12.0 Å². The maximum Gasteiger partial charge on any atom is 0.113 e. The molecule has 1 aromatic rings. The zero-order chi connectivity index (χ0) is 8.97. The van der Waals surface area contributed by atoms with Crippen LogP contribution in [0.25, 0.3) is 0 Å². The van der Waals surface area contributed by atoms with Crippen LogP contribution in [0.3, 0.4) is 0 Å². The third kappa shape index (κ3) is 2.83. The minimum absolute atomic E-state index is 0.720. The Labute approximate surface area is 74.7 Å². The molecule has 12 heavy (non-hydrogen) atoms. The molecule has 0 unspecified atom stereocenters. The van der Waals surface area contributed by atoms with Crippen molar-refractivity contribution in [3.05, 3.63) is 42.1 Å². The summed E-state index contributed by atoms with van der Waals surface area (Å²) in [7, 11) is 5.61. The van der Waals surface area contributed by atoms with Crippen molar-refractivity contribution in [1.82, 2.24) is 0 Å². The number of aryl methyl sites for hydroxylation is 1. The third-order valence-corrected chi connectivity index (χ3v) is 1.69. The Morgan fingerprint density at radius 3 is 2.83 bits per heavy atom. The Morgan fingerprint density at radius 2 is 2.25 bits per heavy atom. The summed E-state index contributed by atoms with van der Waals surface area (Å²) in [6, 6.07) is 7.83. The maximum absolute atomic E-state index is 5.61. The van der Waals surface area contributed by atoms with Gasteiger partial charge >= 0.3 is 0 Å². The van der Waals surface area contributed by atoms with Crippen LogP contribution >= 0.6 is 0 Å². The Bertz CT molecular complexity index is 281. The molecule has 1 rings (SSSR count). The van der Waals surface area contributed by atoms with Crippen LogP contribution in [-0.2, 0) is 6.42 Å². The minimum atomic E-state index is 0.720. The van der Waals surface area contributed by atoms with E-state index in [0.717, 1.165) is 24.0 Å². The van der Waals surface area contributed by atoms with Crippen molar-refractivity contribution >= 4 is 13.3 Å². The zero-order valence-electron chi connectivity index (χ0n) is 7.09. The van der Waals surface area contributed by atoms with Crippen molar-refractivity contribution in [1.29, 1.82) is 0 Å². The summed E-state index contributed by atoms with van der Waals surface area (Å²) in [5.74, 6) is 0. The topological polar surface area (TPSA) is 26.0 Å². The summed E-state index contributed by atoms with van der Waals surface area (Å²) in [4.78, 5) is 0. The molecule has 0 heterocycles. The van der Waals surface area contributed by atoms with Gasteiger partial charge in [-0.3, -0.25) is 0 Å². The normalized spacial score (nSPS) is 9.67. The van der Waals surface area contributed by atoms with Gasteiger partial charge in [-0.15, -0.1) is 0 Å². The zero-order valence-corrected chi connectivity index (χ0v) is 7.09. The van der Waals surface area contributed by atoms with Crippen LogP contribution in [-0.4, -0.2) is 7.85 Å². The van der Waals surface area contributed by atoms with Crippen LogP contribution in [0, 0.1) is 0 Å². The largest absolute Gasteiger partial charge is 0.403 e. The molecule has 0 aromatic heterocycles. The van der Waals surface area contributed by atoms with Gasteiger partial charge in [0.15, 0.2) is 0 Å². The molecule has 0 saturated heterocycles. The molecule has 0 aliphatic heterocycles. The Morgan fingerprint density at radius 1 is 1.50 bits per heavy atom. The predicted molar refractivity (Wildman–Crippen MR) is 53.5 cm³/mol. The molecule has 0 aliphatic carbocycles. The van der Waals surface area contributed by atoms with Gasteiger partial charge in [-0.2, -0.15) is 0 Å².